The normalized spacial score (nSPS) is 12.7. The minimum atomic E-state index is 0.666. The fraction of sp³-hybridized carbons (Fsp3) is 0.0435. The monoisotopic (exact) mass is 640 g/mol. The van der Waals surface area contributed by atoms with Gasteiger partial charge in [0, 0.05) is 47.0 Å². The summed E-state index contributed by atoms with van der Waals surface area (Å²) < 4.78 is 0. The van der Waals surface area contributed by atoms with E-state index in [1.54, 1.807) is 12.4 Å². The lowest BCUT2D eigenvalue weighted by Gasteiger charge is -2.20. The van der Waals surface area contributed by atoms with E-state index in [1.807, 2.05) is 30.6 Å². The Bertz CT molecular complexity index is 2530. The number of hydrogen-bond donors (Lipinski definition) is 0. The maximum Gasteiger partial charge on any atom is 0.160 e. The minimum absolute atomic E-state index is 0.666. The van der Waals surface area contributed by atoms with E-state index in [2.05, 4.69) is 137 Å². The fourth-order valence-electron chi connectivity index (χ4n) is 7.19. The molecule has 0 bridgehead atoms. The number of rotatable bonds is 6. The molecule has 0 spiro atoms. The van der Waals surface area contributed by atoms with Gasteiger partial charge in [-0.1, -0.05) is 109 Å². The van der Waals surface area contributed by atoms with Crippen molar-refractivity contribution in [2.75, 3.05) is 0 Å². The first-order valence-electron chi connectivity index (χ1n) is 17.0. The Hall–Kier alpha value is -6.52. The molecule has 9 rings (SSSR count). The lowest BCUT2D eigenvalue weighted by atomic mass is 9.84. The molecule has 0 fully saturated rings. The molecule has 0 saturated carbocycles. The van der Waals surface area contributed by atoms with Crippen LogP contribution in [-0.4, -0.2) is 19.9 Å². The van der Waals surface area contributed by atoms with Gasteiger partial charge in [0.15, 0.2) is 5.82 Å². The van der Waals surface area contributed by atoms with Gasteiger partial charge in [-0.25, -0.2) is 9.97 Å². The molecule has 0 aliphatic heterocycles. The number of hydrogen-bond acceptors (Lipinski definition) is 4. The summed E-state index contributed by atoms with van der Waals surface area (Å²) in [4.78, 5) is 19.1. The van der Waals surface area contributed by atoms with Gasteiger partial charge in [-0.2, -0.15) is 0 Å². The maximum absolute atomic E-state index is 5.21. The van der Waals surface area contributed by atoms with Crippen molar-refractivity contribution in [1.29, 1.82) is 0 Å². The van der Waals surface area contributed by atoms with Gasteiger partial charge in [0.25, 0.3) is 0 Å². The van der Waals surface area contributed by atoms with Gasteiger partial charge in [-0.15, -0.1) is 0 Å². The Morgan fingerprint density at radius 1 is 0.440 bits per heavy atom. The van der Waals surface area contributed by atoms with Gasteiger partial charge < -0.3 is 0 Å². The van der Waals surface area contributed by atoms with Crippen molar-refractivity contribution >= 4 is 27.1 Å². The quantitative estimate of drug-likeness (QED) is 0.170. The van der Waals surface area contributed by atoms with Crippen LogP contribution in [0, 0.1) is 0 Å². The van der Waals surface area contributed by atoms with Gasteiger partial charge in [-0.3, -0.25) is 9.97 Å². The van der Waals surface area contributed by atoms with E-state index < -0.39 is 0 Å². The van der Waals surface area contributed by atoms with Gasteiger partial charge in [0.2, 0.25) is 0 Å². The van der Waals surface area contributed by atoms with Crippen LogP contribution in [0.1, 0.15) is 18.4 Å². The van der Waals surface area contributed by atoms with Crippen LogP contribution in [0.5, 0.6) is 0 Å². The molecule has 3 heterocycles. The van der Waals surface area contributed by atoms with Crippen LogP contribution in [-0.2, 0) is 0 Å². The van der Waals surface area contributed by atoms with Crippen LogP contribution in [0.15, 0.2) is 170 Å². The second-order valence-electron chi connectivity index (χ2n) is 12.6. The topological polar surface area (TPSA) is 51.6 Å². The number of nitrogens with zero attached hydrogens (tertiary/aromatic N) is 4. The third-order valence-electron chi connectivity index (χ3n) is 9.51. The van der Waals surface area contributed by atoms with E-state index >= 15 is 0 Å². The Kier molecular flexibility index (Phi) is 7.60. The van der Waals surface area contributed by atoms with Crippen molar-refractivity contribution in [3.05, 3.63) is 176 Å². The van der Waals surface area contributed by atoms with E-state index in [-0.39, 0.29) is 0 Å². The highest BCUT2D eigenvalue weighted by Crippen LogP contribution is 2.44. The summed E-state index contributed by atoms with van der Waals surface area (Å²) in [7, 11) is 0. The van der Waals surface area contributed by atoms with Gasteiger partial charge in [0.05, 0.1) is 11.4 Å². The molecule has 0 saturated heterocycles. The van der Waals surface area contributed by atoms with Gasteiger partial charge in [0.1, 0.15) is 0 Å². The Morgan fingerprint density at radius 2 is 1.00 bits per heavy atom. The largest absolute Gasteiger partial charge is 0.264 e. The minimum Gasteiger partial charge on any atom is -0.264 e. The standard InChI is InChI=1S/C46H32N4/c1-2-12-31(13-3-1)44-38-20-4-6-22-40(38)45(41-23-7-5-21-39(41)44)34-16-9-17-35(27-34)46-49-42(28-43(50-46)37-19-11-25-48-30-37)33-15-8-14-32(26-33)36-18-10-24-47-29-36/h1-2,4-12,14-30H,3,13H2. The molecule has 0 amide bonds. The third-order valence-corrected chi connectivity index (χ3v) is 9.51. The summed E-state index contributed by atoms with van der Waals surface area (Å²) in [5, 5.41) is 5.04. The van der Waals surface area contributed by atoms with E-state index in [1.165, 1.54) is 38.2 Å². The SMILES string of the molecule is C1=CCCC(c2c3ccccc3c(-c3cccc(-c4nc(-c5cccnc5)cc(-c5cccc(-c6cccnc6)c5)n4)c3)c3ccccc23)=C1. The van der Waals surface area contributed by atoms with Crippen LogP contribution in [0.3, 0.4) is 0 Å². The van der Waals surface area contributed by atoms with Crippen LogP contribution < -0.4 is 0 Å². The van der Waals surface area contributed by atoms with E-state index in [9.17, 15) is 0 Å². The van der Waals surface area contributed by atoms with E-state index in [0.29, 0.717) is 5.82 Å². The van der Waals surface area contributed by atoms with Crippen LogP contribution in [0.25, 0.3) is 83.3 Å². The Balaban J connectivity index is 1.23. The molecule has 4 nitrogen and oxygen atoms in total. The molecule has 50 heavy (non-hydrogen) atoms. The third kappa shape index (κ3) is 5.47. The lowest BCUT2D eigenvalue weighted by molar-refractivity contribution is 1.06. The molecule has 8 aromatic rings. The van der Waals surface area contributed by atoms with Crippen LogP contribution in [0.4, 0.5) is 0 Å². The Morgan fingerprint density at radius 3 is 1.64 bits per heavy atom. The van der Waals surface area contributed by atoms with E-state index in [0.717, 1.165) is 57.6 Å². The number of aromatic nitrogens is 4. The highest BCUT2D eigenvalue weighted by molar-refractivity contribution is 6.19. The number of pyridine rings is 2. The molecule has 0 atom stereocenters. The average Bonchev–Trinajstić information content (AvgIpc) is 3.21. The highest BCUT2D eigenvalue weighted by atomic mass is 14.9. The zero-order valence-electron chi connectivity index (χ0n) is 27.4. The molecule has 0 radical (unpaired) electrons. The first-order chi connectivity index (χ1) is 24.8. The molecular weight excluding hydrogens is 609 g/mol. The number of allylic oxidation sites excluding steroid dienone is 4. The summed E-state index contributed by atoms with van der Waals surface area (Å²) in [6, 6.07) is 44.9. The van der Waals surface area contributed by atoms with Crippen LogP contribution >= 0.6 is 0 Å². The molecule has 3 aromatic heterocycles. The van der Waals surface area contributed by atoms with Gasteiger partial charge in [-0.05, 0) is 98.6 Å². The maximum atomic E-state index is 5.21. The average molecular weight is 641 g/mol. The molecule has 1 aliphatic carbocycles. The first-order valence-corrected chi connectivity index (χ1v) is 17.0. The smallest absolute Gasteiger partial charge is 0.160 e. The molecular formula is C46H32N4. The molecule has 1 aliphatic rings. The van der Waals surface area contributed by atoms with Crippen molar-refractivity contribution in [1.82, 2.24) is 19.9 Å². The van der Waals surface area contributed by atoms with Crippen molar-refractivity contribution in [2.24, 2.45) is 0 Å². The molecule has 4 heteroatoms. The summed E-state index contributed by atoms with van der Waals surface area (Å²) in [6.45, 7) is 0. The molecule has 236 valence electrons. The molecule has 0 unspecified atom stereocenters. The molecule has 5 aromatic carbocycles. The van der Waals surface area contributed by atoms with Crippen molar-refractivity contribution < 1.29 is 0 Å². The lowest BCUT2D eigenvalue weighted by Crippen LogP contribution is -1.97. The van der Waals surface area contributed by atoms with Crippen molar-refractivity contribution in [3.63, 3.8) is 0 Å². The number of benzene rings is 5. The highest BCUT2D eigenvalue weighted by Gasteiger charge is 2.19. The first kappa shape index (κ1) is 29.6. The second kappa shape index (κ2) is 12.8. The van der Waals surface area contributed by atoms with Crippen molar-refractivity contribution in [3.8, 4) is 56.2 Å². The van der Waals surface area contributed by atoms with Crippen LogP contribution in [0.2, 0.25) is 0 Å². The summed E-state index contributed by atoms with van der Waals surface area (Å²) in [5.74, 6) is 0.666. The molecule has 0 N–H and O–H groups in total. The number of fused-ring (bicyclic) bond motifs is 2. The predicted molar refractivity (Wildman–Crippen MR) is 206 cm³/mol. The van der Waals surface area contributed by atoms with Crippen molar-refractivity contribution in [2.45, 2.75) is 12.8 Å². The van der Waals surface area contributed by atoms with Gasteiger partial charge >= 0.3 is 0 Å². The Labute approximate surface area is 291 Å². The second-order valence-corrected chi connectivity index (χ2v) is 12.6. The summed E-state index contributed by atoms with van der Waals surface area (Å²) >= 11 is 0. The fourth-order valence-corrected chi connectivity index (χ4v) is 7.19. The van der Waals surface area contributed by atoms with E-state index in [4.69, 9.17) is 9.97 Å². The zero-order chi connectivity index (χ0) is 33.3. The zero-order valence-corrected chi connectivity index (χ0v) is 27.4. The summed E-state index contributed by atoms with van der Waals surface area (Å²) in [5.41, 5.74) is 11.8. The predicted octanol–water partition coefficient (Wildman–Crippen LogP) is 11.6. The summed E-state index contributed by atoms with van der Waals surface area (Å²) in [6.07, 6.45) is 16.2.